The standard InChI is InChI=1S/C16H25N3OS.ClH/c20-16(13-7-4-9-17-13)18-10-8-15-19-14(11-21-15)12-5-2-1-3-6-12;/h11-13,17H,1-10H2,(H,18,20);1H/t13-;/m0./s1. The average Bonchev–Trinajstić information content (AvgIpc) is 3.20. The van der Waals surface area contributed by atoms with E-state index in [0.717, 1.165) is 30.8 Å². The summed E-state index contributed by atoms with van der Waals surface area (Å²) in [4.78, 5) is 16.7. The minimum Gasteiger partial charge on any atom is -0.354 e. The summed E-state index contributed by atoms with van der Waals surface area (Å²) < 4.78 is 0. The van der Waals surface area contributed by atoms with Crippen molar-refractivity contribution < 1.29 is 4.79 Å². The first-order valence-corrected chi connectivity index (χ1v) is 9.16. The van der Waals surface area contributed by atoms with Gasteiger partial charge in [0.2, 0.25) is 5.91 Å². The van der Waals surface area contributed by atoms with Gasteiger partial charge in [-0.05, 0) is 32.2 Å². The fourth-order valence-electron chi connectivity index (χ4n) is 3.35. The zero-order chi connectivity index (χ0) is 14.5. The van der Waals surface area contributed by atoms with Gasteiger partial charge >= 0.3 is 0 Å². The van der Waals surface area contributed by atoms with Crippen LogP contribution >= 0.6 is 23.7 Å². The molecule has 2 fully saturated rings. The number of hydrogen-bond acceptors (Lipinski definition) is 4. The fraction of sp³-hybridized carbons (Fsp3) is 0.750. The van der Waals surface area contributed by atoms with Crippen LogP contribution < -0.4 is 10.6 Å². The molecular formula is C16H26ClN3OS. The molecule has 0 bridgehead atoms. The summed E-state index contributed by atoms with van der Waals surface area (Å²) in [7, 11) is 0. The fourth-order valence-corrected chi connectivity index (χ4v) is 4.23. The summed E-state index contributed by atoms with van der Waals surface area (Å²) >= 11 is 1.75. The van der Waals surface area contributed by atoms with Gasteiger partial charge in [0.05, 0.1) is 16.7 Å². The van der Waals surface area contributed by atoms with Crippen LogP contribution in [0.25, 0.3) is 0 Å². The molecule has 1 aromatic rings. The number of nitrogens with one attached hydrogen (secondary N) is 2. The van der Waals surface area contributed by atoms with Crippen molar-refractivity contribution in [2.45, 2.75) is 63.3 Å². The molecule has 1 amide bonds. The van der Waals surface area contributed by atoms with E-state index in [2.05, 4.69) is 16.0 Å². The van der Waals surface area contributed by atoms with Crippen molar-refractivity contribution in [2.24, 2.45) is 0 Å². The topological polar surface area (TPSA) is 54.0 Å². The predicted molar refractivity (Wildman–Crippen MR) is 92.9 cm³/mol. The molecule has 2 heterocycles. The van der Waals surface area contributed by atoms with Gasteiger partial charge in [0.15, 0.2) is 0 Å². The van der Waals surface area contributed by atoms with Gasteiger partial charge in [0.1, 0.15) is 0 Å². The highest BCUT2D eigenvalue weighted by molar-refractivity contribution is 7.09. The summed E-state index contributed by atoms with van der Waals surface area (Å²) in [6.45, 7) is 1.67. The van der Waals surface area contributed by atoms with E-state index in [-0.39, 0.29) is 24.4 Å². The third-order valence-electron chi connectivity index (χ3n) is 4.61. The monoisotopic (exact) mass is 343 g/mol. The Morgan fingerprint density at radius 2 is 2.09 bits per heavy atom. The molecule has 0 unspecified atom stereocenters. The van der Waals surface area contributed by atoms with Crippen molar-refractivity contribution >= 4 is 29.7 Å². The normalized spacial score (nSPS) is 22.3. The Balaban J connectivity index is 0.00000176. The number of aromatic nitrogens is 1. The molecule has 1 saturated carbocycles. The van der Waals surface area contributed by atoms with Gasteiger partial charge in [-0.25, -0.2) is 4.98 Å². The van der Waals surface area contributed by atoms with Crippen molar-refractivity contribution in [3.05, 3.63) is 16.1 Å². The average molecular weight is 344 g/mol. The number of carbonyl (C=O) groups is 1. The first-order valence-electron chi connectivity index (χ1n) is 8.28. The number of nitrogens with zero attached hydrogens (tertiary/aromatic N) is 1. The molecule has 22 heavy (non-hydrogen) atoms. The second-order valence-corrected chi connectivity index (χ2v) is 7.13. The predicted octanol–water partition coefficient (Wildman–Crippen LogP) is 3.02. The van der Waals surface area contributed by atoms with E-state index in [4.69, 9.17) is 4.98 Å². The van der Waals surface area contributed by atoms with Crippen LogP contribution in [0.4, 0.5) is 0 Å². The van der Waals surface area contributed by atoms with Crippen LogP contribution in [0.1, 0.15) is 61.6 Å². The molecule has 2 aliphatic rings. The van der Waals surface area contributed by atoms with Crippen molar-refractivity contribution in [1.82, 2.24) is 15.6 Å². The molecule has 6 heteroatoms. The lowest BCUT2D eigenvalue weighted by Gasteiger charge is -2.19. The highest BCUT2D eigenvalue weighted by Gasteiger charge is 2.21. The number of rotatable bonds is 5. The van der Waals surface area contributed by atoms with Crippen LogP contribution in [-0.4, -0.2) is 30.0 Å². The molecule has 0 spiro atoms. The van der Waals surface area contributed by atoms with Gasteiger partial charge in [0.25, 0.3) is 0 Å². The summed E-state index contributed by atoms with van der Waals surface area (Å²) in [5.41, 5.74) is 1.29. The molecule has 3 rings (SSSR count). The number of hydrogen-bond donors (Lipinski definition) is 2. The van der Waals surface area contributed by atoms with Crippen LogP contribution in [0.3, 0.4) is 0 Å². The number of halogens is 1. The van der Waals surface area contributed by atoms with Crippen molar-refractivity contribution in [3.63, 3.8) is 0 Å². The number of amides is 1. The molecule has 2 N–H and O–H groups in total. The van der Waals surface area contributed by atoms with Gasteiger partial charge in [-0.3, -0.25) is 4.79 Å². The van der Waals surface area contributed by atoms with E-state index in [1.54, 1.807) is 11.3 Å². The van der Waals surface area contributed by atoms with Crippen molar-refractivity contribution in [3.8, 4) is 0 Å². The van der Waals surface area contributed by atoms with Gasteiger partial charge < -0.3 is 10.6 Å². The maximum Gasteiger partial charge on any atom is 0.237 e. The zero-order valence-electron chi connectivity index (χ0n) is 13.0. The van der Waals surface area contributed by atoms with Crippen LogP contribution in [0.15, 0.2) is 5.38 Å². The summed E-state index contributed by atoms with van der Waals surface area (Å²) in [5.74, 6) is 0.831. The largest absolute Gasteiger partial charge is 0.354 e. The second kappa shape index (κ2) is 8.85. The lowest BCUT2D eigenvalue weighted by Crippen LogP contribution is -2.41. The Kier molecular flexibility index (Phi) is 7.12. The summed E-state index contributed by atoms with van der Waals surface area (Å²) in [6, 6.07) is 0.0269. The number of thiazole rings is 1. The molecular weight excluding hydrogens is 318 g/mol. The highest BCUT2D eigenvalue weighted by Crippen LogP contribution is 2.33. The minimum absolute atomic E-state index is 0. The van der Waals surface area contributed by atoms with Crippen LogP contribution in [0, 0.1) is 0 Å². The zero-order valence-corrected chi connectivity index (χ0v) is 14.6. The Morgan fingerprint density at radius 1 is 1.27 bits per heavy atom. The van der Waals surface area contributed by atoms with Gasteiger partial charge in [0, 0.05) is 24.3 Å². The Bertz CT molecular complexity index is 468. The minimum atomic E-state index is 0. The molecule has 1 aliphatic heterocycles. The first-order chi connectivity index (χ1) is 10.3. The molecule has 1 aliphatic carbocycles. The third-order valence-corrected chi connectivity index (χ3v) is 5.53. The van der Waals surface area contributed by atoms with E-state index in [9.17, 15) is 4.79 Å². The first kappa shape index (κ1) is 17.7. The van der Waals surface area contributed by atoms with E-state index in [1.165, 1.54) is 37.8 Å². The Morgan fingerprint density at radius 3 is 2.82 bits per heavy atom. The highest BCUT2D eigenvalue weighted by atomic mass is 35.5. The van der Waals surface area contributed by atoms with E-state index in [1.807, 2.05) is 0 Å². The van der Waals surface area contributed by atoms with Crippen LogP contribution in [0.2, 0.25) is 0 Å². The molecule has 1 atom stereocenters. The maximum absolute atomic E-state index is 11.9. The van der Waals surface area contributed by atoms with E-state index >= 15 is 0 Å². The summed E-state index contributed by atoms with van der Waals surface area (Å²) in [5, 5.41) is 9.64. The smallest absolute Gasteiger partial charge is 0.237 e. The van der Waals surface area contributed by atoms with E-state index in [0.29, 0.717) is 12.5 Å². The number of carbonyl (C=O) groups excluding carboxylic acids is 1. The molecule has 1 aromatic heterocycles. The van der Waals surface area contributed by atoms with Crippen LogP contribution in [-0.2, 0) is 11.2 Å². The van der Waals surface area contributed by atoms with Crippen LogP contribution in [0.5, 0.6) is 0 Å². The lowest BCUT2D eigenvalue weighted by atomic mass is 9.87. The van der Waals surface area contributed by atoms with Gasteiger partial charge in [-0.1, -0.05) is 19.3 Å². The molecule has 0 aromatic carbocycles. The maximum atomic E-state index is 11.9. The lowest BCUT2D eigenvalue weighted by molar-refractivity contribution is -0.122. The van der Waals surface area contributed by atoms with Gasteiger partial charge in [-0.15, -0.1) is 23.7 Å². The second-order valence-electron chi connectivity index (χ2n) is 6.19. The van der Waals surface area contributed by atoms with Crippen molar-refractivity contribution in [1.29, 1.82) is 0 Å². The van der Waals surface area contributed by atoms with Crippen molar-refractivity contribution in [2.75, 3.05) is 13.1 Å². The molecule has 124 valence electrons. The third kappa shape index (κ3) is 4.67. The Labute approximate surface area is 142 Å². The molecule has 0 radical (unpaired) electrons. The molecule has 1 saturated heterocycles. The Hall–Kier alpha value is -0.650. The molecule has 4 nitrogen and oxygen atoms in total. The van der Waals surface area contributed by atoms with Gasteiger partial charge in [-0.2, -0.15) is 0 Å². The quantitative estimate of drug-likeness (QED) is 0.864. The van der Waals surface area contributed by atoms with E-state index < -0.39 is 0 Å². The summed E-state index contributed by atoms with van der Waals surface area (Å²) in [6.07, 6.45) is 9.61. The SMILES string of the molecule is Cl.O=C(NCCc1nc(C2CCCCC2)cs1)[C@@H]1CCCN1.